The van der Waals surface area contributed by atoms with Gasteiger partial charge >= 0.3 is 5.97 Å². The van der Waals surface area contributed by atoms with Crippen LogP contribution in [0.5, 0.6) is 5.75 Å². The monoisotopic (exact) mass is 509 g/mol. The number of halogens is 3. The van der Waals surface area contributed by atoms with Crippen molar-refractivity contribution in [2.24, 2.45) is 11.3 Å². The normalized spacial score (nSPS) is 21.6. The lowest BCUT2D eigenvalue weighted by Gasteiger charge is -2.21. The Labute approximate surface area is 213 Å². The van der Waals surface area contributed by atoms with E-state index >= 15 is 0 Å². The van der Waals surface area contributed by atoms with Crippen molar-refractivity contribution in [1.82, 2.24) is 0 Å². The predicted molar refractivity (Wildman–Crippen MR) is 134 cm³/mol. The minimum Gasteiger partial charge on any atom is -0.482 e. The second-order valence-electron chi connectivity index (χ2n) is 9.04. The number of benzene rings is 3. The molecule has 4 nitrogen and oxygen atoms in total. The molecule has 0 spiro atoms. The Morgan fingerprint density at radius 1 is 1.14 bits per heavy atom. The maximum Gasteiger partial charge on any atom is 0.311 e. The van der Waals surface area contributed by atoms with E-state index in [1.165, 1.54) is 24.3 Å². The Balaban J connectivity index is 1.83. The first-order chi connectivity index (χ1) is 16.6. The minimum absolute atomic E-state index is 0.229. The number of carbonyl (C=O) groups is 1. The van der Waals surface area contributed by atoms with Crippen LogP contribution in [-0.4, -0.2) is 16.7 Å². The van der Waals surface area contributed by atoms with Crippen LogP contribution in [0.15, 0.2) is 78.9 Å². The highest BCUT2D eigenvalue weighted by Crippen LogP contribution is 2.65. The quantitative estimate of drug-likeness (QED) is 0.363. The van der Waals surface area contributed by atoms with Crippen LogP contribution in [0.2, 0.25) is 5.02 Å². The number of ether oxygens (including phenoxy) is 1. The Hall–Kier alpha value is -3.33. The number of carboxylic acids is 1. The summed E-state index contributed by atoms with van der Waals surface area (Å²) < 4.78 is 19.7. The zero-order valence-electron chi connectivity index (χ0n) is 19.0. The molecule has 1 saturated carbocycles. The molecule has 0 bridgehead atoms. The van der Waals surface area contributed by atoms with Crippen LogP contribution in [0.3, 0.4) is 0 Å². The van der Waals surface area contributed by atoms with Gasteiger partial charge in [-0.05, 0) is 59.2 Å². The maximum absolute atomic E-state index is 13.5. The van der Waals surface area contributed by atoms with E-state index in [1.807, 2.05) is 19.9 Å². The molecule has 35 heavy (non-hydrogen) atoms. The summed E-state index contributed by atoms with van der Waals surface area (Å²) in [6.07, 6.45) is 1.62. The van der Waals surface area contributed by atoms with Gasteiger partial charge in [0, 0.05) is 15.5 Å². The fourth-order valence-electron chi connectivity index (χ4n) is 4.66. The van der Waals surface area contributed by atoms with Gasteiger partial charge < -0.3 is 9.84 Å². The molecule has 1 fully saturated rings. The van der Waals surface area contributed by atoms with Gasteiger partial charge in [0.25, 0.3) is 0 Å². The molecule has 3 atom stereocenters. The molecule has 1 N–H and O–H groups in total. The van der Waals surface area contributed by atoms with E-state index in [2.05, 4.69) is 6.07 Å². The van der Waals surface area contributed by atoms with Gasteiger partial charge in [0.1, 0.15) is 23.1 Å². The molecular weight excluding hydrogens is 488 g/mol. The Morgan fingerprint density at radius 3 is 2.37 bits per heavy atom. The molecule has 7 heteroatoms. The minimum atomic E-state index is -1.22. The predicted octanol–water partition coefficient (Wildman–Crippen LogP) is 7.27. The average Bonchev–Trinajstić information content (AvgIpc) is 3.29. The molecule has 1 aliphatic carbocycles. The van der Waals surface area contributed by atoms with Crippen molar-refractivity contribution in [3.05, 3.63) is 106 Å². The van der Waals surface area contributed by atoms with Gasteiger partial charge in [-0.15, -0.1) is 0 Å². The second-order valence-corrected chi connectivity index (χ2v) is 9.88. The molecule has 0 heterocycles. The molecule has 3 aromatic rings. The summed E-state index contributed by atoms with van der Waals surface area (Å²) in [5.74, 6) is -2.51. The van der Waals surface area contributed by atoms with Crippen LogP contribution >= 0.6 is 23.2 Å². The Bertz CT molecular complexity index is 1330. The van der Waals surface area contributed by atoms with Crippen molar-refractivity contribution in [3.63, 3.8) is 0 Å². The van der Waals surface area contributed by atoms with Crippen molar-refractivity contribution < 1.29 is 19.0 Å². The van der Waals surface area contributed by atoms with Gasteiger partial charge in [0.15, 0.2) is 0 Å². The molecular formula is C28H22Cl2FNO3. The van der Waals surface area contributed by atoms with Crippen molar-refractivity contribution in [2.75, 3.05) is 0 Å². The van der Waals surface area contributed by atoms with E-state index in [4.69, 9.17) is 27.9 Å². The molecule has 3 aromatic carbocycles. The fraction of sp³-hybridized carbons (Fsp3) is 0.214. The third-order valence-electron chi connectivity index (χ3n) is 6.61. The van der Waals surface area contributed by atoms with Crippen molar-refractivity contribution >= 4 is 34.2 Å². The summed E-state index contributed by atoms with van der Waals surface area (Å²) in [5.41, 5.74) is -0.366. The van der Waals surface area contributed by atoms with Gasteiger partial charge in [-0.25, -0.2) is 4.39 Å². The van der Waals surface area contributed by atoms with E-state index < -0.39 is 34.6 Å². The fourth-order valence-corrected chi connectivity index (χ4v) is 5.17. The number of nitriles is 1. The Kier molecular flexibility index (Phi) is 6.64. The summed E-state index contributed by atoms with van der Waals surface area (Å²) in [6.45, 7) is 3.63. The number of hydrogen-bond donors (Lipinski definition) is 1. The standard InChI is InChI=1S/C28H22Cl2FNO3/c1-27(2)25(26(33)34)28(27,35-20-6-4-3-5-7-20)15-24(30)21-13-10-18(29)14-22(21)23(16-32)17-8-11-19(31)12-9-17/h3-15,23,25H,1-2H3,(H,33,34). The third kappa shape index (κ3) is 4.52. The molecule has 178 valence electrons. The molecule has 0 radical (unpaired) electrons. The van der Waals surface area contributed by atoms with E-state index in [9.17, 15) is 19.6 Å². The highest BCUT2D eigenvalue weighted by atomic mass is 35.5. The summed E-state index contributed by atoms with van der Waals surface area (Å²) in [6, 6.07) is 21.8. The first-order valence-electron chi connectivity index (χ1n) is 10.9. The van der Waals surface area contributed by atoms with E-state index in [1.54, 1.807) is 48.5 Å². The maximum atomic E-state index is 13.5. The number of nitrogens with zero attached hydrogens (tertiary/aromatic N) is 1. The zero-order chi connectivity index (χ0) is 25.4. The summed E-state index contributed by atoms with van der Waals surface area (Å²) >= 11 is 13.1. The molecule has 0 aromatic heterocycles. The van der Waals surface area contributed by atoms with Crippen LogP contribution in [-0.2, 0) is 4.79 Å². The van der Waals surface area contributed by atoms with Crippen LogP contribution in [0.25, 0.3) is 5.03 Å². The van der Waals surface area contributed by atoms with Crippen LogP contribution in [0.4, 0.5) is 4.39 Å². The average molecular weight is 510 g/mol. The van der Waals surface area contributed by atoms with Gasteiger partial charge in [-0.1, -0.05) is 73.4 Å². The second kappa shape index (κ2) is 9.37. The molecule has 1 aliphatic rings. The lowest BCUT2D eigenvalue weighted by Crippen LogP contribution is -2.25. The zero-order valence-corrected chi connectivity index (χ0v) is 20.5. The van der Waals surface area contributed by atoms with Gasteiger partial charge in [-0.2, -0.15) is 5.26 Å². The summed E-state index contributed by atoms with van der Waals surface area (Å²) in [7, 11) is 0. The Morgan fingerprint density at radius 2 is 1.80 bits per heavy atom. The number of carboxylic acid groups (broad SMARTS) is 1. The topological polar surface area (TPSA) is 70.3 Å². The molecule has 0 saturated heterocycles. The van der Waals surface area contributed by atoms with Crippen LogP contribution in [0.1, 0.15) is 36.5 Å². The number of hydrogen-bond acceptors (Lipinski definition) is 3. The SMILES string of the molecule is CC1(C)C(C(=O)O)C1(C=C(Cl)c1ccc(Cl)cc1C(C#N)c1ccc(F)cc1)Oc1ccccc1. The highest BCUT2D eigenvalue weighted by Gasteiger charge is 2.76. The largest absolute Gasteiger partial charge is 0.482 e. The first kappa shape index (κ1) is 24.8. The summed E-state index contributed by atoms with van der Waals surface area (Å²) in [4.78, 5) is 12.1. The van der Waals surface area contributed by atoms with Crippen molar-refractivity contribution in [3.8, 4) is 11.8 Å². The van der Waals surface area contributed by atoms with Gasteiger partial charge in [-0.3, -0.25) is 4.79 Å². The van der Waals surface area contributed by atoms with Crippen LogP contribution < -0.4 is 4.74 Å². The molecule has 0 amide bonds. The number of aliphatic carboxylic acids is 1. The van der Waals surface area contributed by atoms with Crippen molar-refractivity contribution in [1.29, 1.82) is 5.26 Å². The number of rotatable bonds is 7. The third-order valence-corrected chi connectivity index (χ3v) is 7.15. The number of para-hydroxylation sites is 1. The molecule has 3 unspecified atom stereocenters. The van der Waals surface area contributed by atoms with Crippen molar-refractivity contribution in [2.45, 2.75) is 25.4 Å². The van der Waals surface area contributed by atoms with E-state index in [0.717, 1.165) is 0 Å². The van der Waals surface area contributed by atoms with Gasteiger partial charge in [0.05, 0.1) is 12.0 Å². The van der Waals surface area contributed by atoms with E-state index in [-0.39, 0.29) is 5.03 Å². The summed E-state index contributed by atoms with van der Waals surface area (Å²) in [5, 5.41) is 20.5. The lowest BCUT2D eigenvalue weighted by molar-refractivity contribution is -0.140. The highest BCUT2D eigenvalue weighted by molar-refractivity contribution is 6.49. The molecule has 0 aliphatic heterocycles. The van der Waals surface area contributed by atoms with Gasteiger partial charge in [0.2, 0.25) is 0 Å². The van der Waals surface area contributed by atoms with E-state index in [0.29, 0.717) is 27.5 Å². The smallest absolute Gasteiger partial charge is 0.311 e. The first-order valence-corrected chi connectivity index (χ1v) is 11.7. The lowest BCUT2D eigenvalue weighted by atomic mass is 9.88. The van der Waals surface area contributed by atoms with Crippen LogP contribution in [0, 0.1) is 28.5 Å². The molecule has 4 rings (SSSR count).